The van der Waals surface area contributed by atoms with E-state index in [0.29, 0.717) is 0 Å². The van der Waals surface area contributed by atoms with Crippen molar-refractivity contribution in [2.24, 2.45) is 5.92 Å². The zero-order valence-corrected chi connectivity index (χ0v) is 11.2. The molecule has 0 spiro atoms. The summed E-state index contributed by atoms with van der Waals surface area (Å²) in [5, 5.41) is 15.1. The highest BCUT2D eigenvalue weighted by Gasteiger charge is 2.25. The molecule has 0 bridgehead atoms. The third-order valence-corrected chi connectivity index (χ3v) is 3.73. The first-order valence-corrected chi connectivity index (χ1v) is 6.79. The number of anilines is 1. The normalized spacial score (nSPS) is 22.8. The molecule has 0 saturated heterocycles. The van der Waals surface area contributed by atoms with Crippen molar-refractivity contribution in [3.05, 3.63) is 24.0 Å². The molecule has 1 aliphatic carbocycles. The highest BCUT2D eigenvalue weighted by atomic mass is 16.3. The zero-order chi connectivity index (χ0) is 13.7. The summed E-state index contributed by atoms with van der Waals surface area (Å²) < 4.78 is 0. The van der Waals surface area contributed by atoms with E-state index in [0.717, 1.165) is 36.9 Å². The summed E-state index contributed by atoms with van der Waals surface area (Å²) >= 11 is 0. The third kappa shape index (κ3) is 3.67. The fraction of sp³-hybridized carbons (Fsp3) is 0.571. The molecule has 0 unspecified atom stereocenters. The van der Waals surface area contributed by atoms with Crippen LogP contribution in [0.3, 0.4) is 0 Å². The number of amides is 2. The number of aryl methyl sites for hydroxylation is 1. The van der Waals surface area contributed by atoms with Crippen LogP contribution in [-0.2, 0) is 0 Å². The van der Waals surface area contributed by atoms with Crippen LogP contribution in [0.1, 0.15) is 31.2 Å². The fourth-order valence-corrected chi connectivity index (χ4v) is 2.56. The van der Waals surface area contributed by atoms with Crippen molar-refractivity contribution >= 4 is 11.7 Å². The van der Waals surface area contributed by atoms with Gasteiger partial charge < -0.3 is 15.7 Å². The minimum Gasteiger partial charge on any atom is -0.396 e. The van der Waals surface area contributed by atoms with Gasteiger partial charge in [0.15, 0.2) is 0 Å². The second-order valence-corrected chi connectivity index (χ2v) is 5.12. The molecule has 5 nitrogen and oxygen atoms in total. The monoisotopic (exact) mass is 263 g/mol. The van der Waals surface area contributed by atoms with Gasteiger partial charge in [-0.05, 0) is 31.4 Å². The van der Waals surface area contributed by atoms with Gasteiger partial charge in [0.2, 0.25) is 0 Å². The van der Waals surface area contributed by atoms with Gasteiger partial charge in [0, 0.05) is 36.6 Å². The Labute approximate surface area is 113 Å². The van der Waals surface area contributed by atoms with Crippen molar-refractivity contribution in [2.75, 3.05) is 11.9 Å². The maximum Gasteiger partial charge on any atom is 0.319 e. The minimum atomic E-state index is -0.209. The second kappa shape index (κ2) is 6.52. The van der Waals surface area contributed by atoms with E-state index in [4.69, 9.17) is 0 Å². The zero-order valence-electron chi connectivity index (χ0n) is 11.2. The lowest BCUT2D eigenvalue weighted by Crippen LogP contribution is -2.45. The number of hydrogen-bond donors (Lipinski definition) is 3. The van der Waals surface area contributed by atoms with Gasteiger partial charge in [0.25, 0.3) is 0 Å². The Morgan fingerprint density at radius 1 is 1.47 bits per heavy atom. The molecule has 1 heterocycles. The molecule has 2 amide bonds. The molecule has 1 saturated carbocycles. The van der Waals surface area contributed by atoms with Crippen LogP contribution in [-0.4, -0.2) is 28.8 Å². The Bertz CT molecular complexity index is 436. The van der Waals surface area contributed by atoms with E-state index in [1.54, 1.807) is 18.5 Å². The molecule has 5 heteroatoms. The minimum absolute atomic E-state index is 0.0703. The van der Waals surface area contributed by atoms with Gasteiger partial charge in [-0.15, -0.1) is 0 Å². The molecular weight excluding hydrogens is 242 g/mol. The van der Waals surface area contributed by atoms with E-state index < -0.39 is 0 Å². The van der Waals surface area contributed by atoms with Gasteiger partial charge in [-0.25, -0.2) is 4.79 Å². The van der Waals surface area contributed by atoms with Gasteiger partial charge in [-0.2, -0.15) is 0 Å². The molecule has 2 atom stereocenters. The molecule has 104 valence electrons. The molecule has 0 radical (unpaired) electrons. The van der Waals surface area contributed by atoms with Crippen molar-refractivity contribution in [1.82, 2.24) is 10.3 Å². The highest BCUT2D eigenvalue weighted by molar-refractivity contribution is 5.90. The summed E-state index contributed by atoms with van der Waals surface area (Å²) in [6.45, 7) is 2.04. The van der Waals surface area contributed by atoms with E-state index in [1.807, 2.05) is 6.92 Å². The van der Waals surface area contributed by atoms with Crippen LogP contribution < -0.4 is 10.6 Å². The fourth-order valence-electron chi connectivity index (χ4n) is 2.56. The highest BCUT2D eigenvalue weighted by Crippen LogP contribution is 2.24. The third-order valence-electron chi connectivity index (χ3n) is 3.73. The van der Waals surface area contributed by atoms with Crippen molar-refractivity contribution < 1.29 is 9.90 Å². The number of nitrogens with zero attached hydrogens (tertiary/aromatic N) is 1. The average molecular weight is 263 g/mol. The molecule has 3 N–H and O–H groups in total. The first-order chi connectivity index (χ1) is 9.20. The van der Waals surface area contributed by atoms with Gasteiger partial charge in [-0.1, -0.05) is 12.8 Å². The Morgan fingerprint density at radius 2 is 2.26 bits per heavy atom. The number of hydrogen-bond acceptors (Lipinski definition) is 3. The lowest BCUT2D eigenvalue weighted by Gasteiger charge is -2.30. The predicted octanol–water partition coefficient (Wildman–Crippen LogP) is 2.06. The molecule has 1 aliphatic rings. The summed E-state index contributed by atoms with van der Waals surface area (Å²) in [6, 6.07) is 1.64. The average Bonchev–Trinajstić information content (AvgIpc) is 2.42. The number of carbonyl (C=O) groups excluding carboxylic acids is 1. The number of nitrogens with one attached hydrogen (secondary N) is 2. The van der Waals surface area contributed by atoms with Crippen LogP contribution in [0.15, 0.2) is 18.5 Å². The topological polar surface area (TPSA) is 74.2 Å². The van der Waals surface area contributed by atoms with Crippen molar-refractivity contribution in [3.63, 3.8) is 0 Å². The molecule has 19 heavy (non-hydrogen) atoms. The number of aliphatic hydroxyl groups is 1. The Hall–Kier alpha value is -1.62. The summed E-state index contributed by atoms with van der Waals surface area (Å²) in [5.41, 5.74) is 1.70. The molecule has 1 aromatic heterocycles. The molecule has 1 fully saturated rings. The summed E-state index contributed by atoms with van der Waals surface area (Å²) in [6.07, 6.45) is 7.53. The number of pyridine rings is 1. The molecule has 0 aromatic carbocycles. The number of urea groups is 1. The van der Waals surface area contributed by atoms with Gasteiger partial charge >= 0.3 is 6.03 Å². The van der Waals surface area contributed by atoms with E-state index >= 15 is 0 Å². The van der Waals surface area contributed by atoms with Gasteiger partial charge in [-0.3, -0.25) is 4.98 Å². The van der Waals surface area contributed by atoms with E-state index in [1.165, 1.54) is 0 Å². The molecular formula is C14H21N3O2. The van der Waals surface area contributed by atoms with Gasteiger partial charge in [0.05, 0.1) is 0 Å². The molecule has 0 aliphatic heterocycles. The van der Waals surface area contributed by atoms with Crippen molar-refractivity contribution in [2.45, 2.75) is 38.6 Å². The number of aromatic nitrogens is 1. The Balaban J connectivity index is 1.92. The Morgan fingerprint density at radius 3 is 3.00 bits per heavy atom. The maximum atomic E-state index is 12.0. The summed E-state index contributed by atoms with van der Waals surface area (Å²) in [7, 11) is 0. The van der Waals surface area contributed by atoms with Crippen LogP contribution in [0, 0.1) is 12.8 Å². The van der Waals surface area contributed by atoms with Crippen LogP contribution in [0.5, 0.6) is 0 Å². The first kappa shape index (κ1) is 13.8. The number of rotatable bonds is 3. The first-order valence-electron chi connectivity index (χ1n) is 6.79. The van der Waals surface area contributed by atoms with Crippen LogP contribution in [0.25, 0.3) is 0 Å². The van der Waals surface area contributed by atoms with E-state index in [2.05, 4.69) is 15.6 Å². The summed E-state index contributed by atoms with van der Waals surface area (Å²) in [5.74, 6) is 0.179. The SMILES string of the molecule is Cc1cnccc1NC(=O)N[C@H]1CCCC[C@H]1CO. The smallest absolute Gasteiger partial charge is 0.319 e. The van der Waals surface area contributed by atoms with Crippen molar-refractivity contribution in [1.29, 1.82) is 0 Å². The van der Waals surface area contributed by atoms with Crippen LogP contribution >= 0.6 is 0 Å². The van der Waals surface area contributed by atoms with Gasteiger partial charge in [0.1, 0.15) is 0 Å². The van der Waals surface area contributed by atoms with E-state index in [9.17, 15) is 9.90 Å². The lowest BCUT2D eigenvalue weighted by molar-refractivity contribution is 0.156. The van der Waals surface area contributed by atoms with Crippen LogP contribution in [0.2, 0.25) is 0 Å². The molecule has 2 rings (SSSR count). The summed E-state index contributed by atoms with van der Waals surface area (Å²) in [4.78, 5) is 16.0. The van der Waals surface area contributed by atoms with Crippen LogP contribution in [0.4, 0.5) is 10.5 Å². The molecule has 1 aromatic rings. The lowest BCUT2D eigenvalue weighted by atomic mass is 9.85. The number of aliphatic hydroxyl groups excluding tert-OH is 1. The maximum absolute atomic E-state index is 12.0. The van der Waals surface area contributed by atoms with Crippen molar-refractivity contribution in [3.8, 4) is 0 Å². The van der Waals surface area contributed by atoms with E-state index in [-0.39, 0.29) is 24.6 Å². The second-order valence-electron chi connectivity index (χ2n) is 5.12. The number of carbonyl (C=O) groups is 1. The predicted molar refractivity (Wildman–Crippen MR) is 74.0 cm³/mol. The Kier molecular flexibility index (Phi) is 4.74. The largest absolute Gasteiger partial charge is 0.396 e. The quantitative estimate of drug-likeness (QED) is 0.781. The standard InChI is InChI=1S/C14H21N3O2/c1-10-8-15-7-6-12(10)16-14(19)17-13-5-3-2-4-11(13)9-18/h6-8,11,13,18H,2-5,9H2,1H3,(H2,15,16,17,19)/t11-,13-/m0/s1.